The van der Waals surface area contributed by atoms with Gasteiger partial charge in [0.25, 0.3) is 0 Å². The average molecular weight is 275 g/mol. The van der Waals surface area contributed by atoms with Crippen LogP contribution < -0.4 is 0 Å². The van der Waals surface area contributed by atoms with Gasteiger partial charge in [0.2, 0.25) is 0 Å². The van der Waals surface area contributed by atoms with Crippen LogP contribution in [-0.2, 0) is 0 Å². The molecule has 2 unspecified atom stereocenters. The van der Waals surface area contributed by atoms with E-state index in [9.17, 15) is 5.11 Å². The molecule has 1 aromatic carbocycles. The molecule has 1 heterocycles. The van der Waals surface area contributed by atoms with Crippen molar-refractivity contribution in [2.45, 2.75) is 46.1 Å². The Morgan fingerprint density at radius 1 is 1.20 bits per heavy atom. The number of likely N-dealkylation sites (tertiary alicyclic amines) is 1. The first kappa shape index (κ1) is 15.5. The molecule has 2 atom stereocenters. The molecule has 2 heteroatoms. The first-order valence-electron chi connectivity index (χ1n) is 8.05. The summed E-state index contributed by atoms with van der Waals surface area (Å²) in [5, 5.41) is 10.5. The van der Waals surface area contributed by atoms with Gasteiger partial charge in [0.05, 0.1) is 6.10 Å². The molecule has 0 radical (unpaired) electrons. The molecule has 0 aliphatic carbocycles. The van der Waals surface area contributed by atoms with E-state index in [1.54, 1.807) is 0 Å². The summed E-state index contributed by atoms with van der Waals surface area (Å²) in [5.41, 5.74) is 1.56. The molecule has 1 fully saturated rings. The molecule has 0 amide bonds. The third kappa shape index (κ3) is 3.42. The summed E-state index contributed by atoms with van der Waals surface area (Å²) in [6.07, 6.45) is 3.51. The number of benzene rings is 1. The first-order valence-corrected chi connectivity index (χ1v) is 8.05. The van der Waals surface area contributed by atoms with Crippen molar-refractivity contribution in [3.63, 3.8) is 0 Å². The molecule has 20 heavy (non-hydrogen) atoms. The van der Waals surface area contributed by atoms with Crippen LogP contribution in [0.1, 0.15) is 51.7 Å². The maximum absolute atomic E-state index is 10.5. The Balaban J connectivity index is 1.91. The van der Waals surface area contributed by atoms with Crippen molar-refractivity contribution in [1.29, 1.82) is 0 Å². The monoisotopic (exact) mass is 275 g/mol. The Kier molecular flexibility index (Phi) is 5.22. The minimum atomic E-state index is -0.352. The van der Waals surface area contributed by atoms with Gasteiger partial charge in [0, 0.05) is 13.1 Å². The third-order valence-electron chi connectivity index (χ3n) is 5.24. The van der Waals surface area contributed by atoms with Crippen molar-refractivity contribution in [1.82, 2.24) is 4.90 Å². The van der Waals surface area contributed by atoms with E-state index in [-0.39, 0.29) is 12.0 Å². The molecule has 1 saturated heterocycles. The summed E-state index contributed by atoms with van der Waals surface area (Å²) in [4.78, 5) is 2.55. The van der Waals surface area contributed by atoms with Crippen molar-refractivity contribution >= 4 is 0 Å². The summed E-state index contributed by atoms with van der Waals surface area (Å²) in [6.45, 7) is 10.2. The van der Waals surface area contributed by atoms with Gasteiger partial charge in [-0.1, -0.05) is 51.1 Å². The van der Waals surface area contributed by atoms with Crippen molar-refractivity contribution < 1.29 is 5.11 Å². The largest absolute Gasteiger partial charge is 0.388 e. The van der Waals surface area contributed by atoms with Crippen LogP contribution in [0.2, 0.25) is 0 Å². The van der Waals surface area contributed by atoms with Gasteiger partial charge in [-0.05, 0) is 42.7 Å². The van der Waals surface area contributed by atoms with Crippen LogP contribution in [-0.4, -0.2) is 29.6 Å². The minimum Gasteiger partial charge on any atom is -0.388 e. The van der Waals surface area contributed by atoms with Crippen molar-refractivity contribution in [3.05, 3.63) is 35.9 Å². The summed E-state index contributed by atoms with van der Waals surface area (Å²) in [7, 11) is 0. The van der Waals surface area contributed by atoms with Gasteiger partial charge in [0.15, 0.2) is 0 Å². The molecule has 1 aromatic rings. The van der Waals surface area contributed by atoms with E-state index in [0.29, 0.717) is 5.41 Å². The van der Waals surface area contributed by atoms with Crippen LogP contribution in [0, 0.1) is 11.3 Å². The summed E-state index contributed by atoms with van der Waals surface area (Å²) in [5.74, 6) is 0.280. The zero-order valence-corrected chi connectivity index (χ0v) is 13.2. The van der Waals surface area contributed by atoms with Crippen molar-refractivity contribution in [2.24, 2.45) is 11.3 Å². The number of hydrogen-bond donors (Lipinski definition) is 1. The summed E-state index contributed by atoms with van der Waals surface area (Å²) < 4.78 is 0. The number of rotatable bonds is 6. The third-order valence-corrected chi connectivity index (χ3v) is 5.24. The molecule has 0 bridgehead atoms. The van der Waals surface area contributed by atoms with Gasteiger partial charge < -0.3 is 10.0 Å². The fourth-order valence-electron chi connectivity index (χ4n) is 3.50. The standard InChI is InChI=1S/C18H29NO/c1-4-18(5-2)11-12-19(14-18)13-15(3)17(20)16-9-7-6-8-10-16/h6-10,15,17,20H,4-5,11-14H2,1-3H3. The zero-order valence-electron chi connectivity index (χ0n) is 13.2. The Morgan fingerprint density at radius 3 is 2.40 bits per heavy atom. The summed E-state index contributed by atoms with van der Waals surface area (Å²) >= 11 is 0. The first-order chi connectivity index (χ1) is 9.60. The van der Waals surface area contributed by atoms with E-state index in [1.165, 1.54) is 32.4 Å². The van der Waals surface area contributed by atoms with Crippen LogP contribution >= 0.6 is 0 Å². The van der Waals surface area contributed by atoms with Crippen LogP contribution in [0.15, 0.2) is 30.3 Å². The van der Waals surface area contributed by atoms with Crippen molar-refractivity contribution in [3.8, 4) is 0 Å². The second kappa shape index (κ2) is 6.73. The minimum absolute atomic E-state index is 0.280. The molecule has 2 rings (SSSR count). The van der Waals surface area contributed by atoms with Crippen LogP contribution in [0.3, 0.4) is 0 Å². The van der Waals surface area contributed by atoms with Gasteiger partial charge in [-0.25, -0.2) is 0 Å². The van der Waals surface area contributed by atoms with E-state index < -0.39 is 0 Å². The molecular weight excluding hydrogens is 246 g/mol. The smallest absolute Gasteiger partial charge is 0.0827 e. The fourth-order valence-corrected chi connectivity index (χ4v) is 3.50. The predicted molar refractivity (Wildman–Crippen MR) is 84.6 cm³/mol. The Bertz CT molecular complexity index is 399. The molecule has 2 nitrogen and oxygen atoms in total. The van der Waals surface area contributed by atoms with Crippen LogP contribution in [0.25, 0.3) is 0 Å². The maximum Gasteiger partial charge on any atom is 0.0827 e. The predicted octanol–water partition coefficient (Wildman–Crippen LogP) is 3.87. The number of hydrogen-bond acceptors (Lipinski definition) is 2. The van der Waals surface area contributed by atoms with E-state index in [2.05, 4.69) is 25.7 Å². The highest BCUT2D eigenvalue weighted by atomic mass is 16.3. The lowest BCUT2D eigenvalue weighted by Crippen LogP contribution is -2.31. The van der Waals surface area contributed by atoms with Crippen LogP contribution in [0.4, 0.5) is 0 Å². The molecule has 0 aromatic heterocycles. The molecule has 0 saturated carbocycles. The van der Waals surface area contributed by atoms with Gasteiger partial charge in [-0.15, -0.1) is 0 Å². The van der Waals surface area contributed by atoms with E-state index >= 15 is 0 Å². The molecule has 1 aliphatic rings. The second-order valence-corrected chi connectivity index (χ2v) is 6.53. The highest BCUT2D eigenvalue weighted by molar-refractivity contribution is 5.17. The molecule has 112 valence electrons. The van der Waals surface area contributed by atoms with E-state index in [0.717, 1.165) is 12.1 Å². The number of aliphatic hydroxyl groups is 1. The Morgan fingerprint density at radius 2 is 1.85 bits per heavy atom. The quantitative estimate of drug-likeness (QED) is 0.852. The molecular formula is C18H29NO. The highest BCUT2D eigenvalue weighted by Gasteiger charge is 2.35. The normalized spacial score (nSPS) is 21.8. The zero-order chi connectivity index (χ0) is 14.6. The highest BCUT2D eigenvalue weighted by Crippen LogP contribution is 2.37. The van der Waals surface area contributed by atoms with Gasteiger partial charge in [-0.3, -0.25) is 0 Å². The molecule has 0 spiro atoms. The average Bonchev–Trinajstić information content (AvgIpc) is 2.91. The van der Waals surface area contributed by atoms with Crippen molar-refractivity contribution in [2.75, 3.05) is 19.6 Å². The maximum atomic E-state index is 10.5. The lowest BCUT2D eigenvalue weighted by atomic mass is 9.82. The number of nitrogens with zero attached hydrogens (tertiary/aromatic N) is 1. The fraction of sp³-hybridized carbons (Fsp3) is 0.667. The van der Waals surface area contributed by atoms with Gasteiger partial charge >= 0.3 is 0 Å². The van der Waals surface area contributed by atoms with E-state index in [4.69, 9.17) is 0 Å². The lowest BCUT2D eigenvalue weighted by molar-refractivity contribution is 0.0904. The summed E-state index contributed by atoms with van der Waals surface area (Å²) in [6, 6.07) is 10.0. The van der Waals surface area contributed by atoms with Crippen LogP contribution in [0.5, 0.6) is 0 Å². The second-order valence-electron chi connectivity index (χ2n) is 6.53. The van der Waals surface area contributed by atoms with Gasteiger partial charge in [0.1, 0.15) is 0 Å². The Labute approximate surface area is 123 Å². The Hall–Kier alpha value is -0.860. The SMILES string of the molecule is CCC1(CC)CCN(CC(C)C(O)c2ccccc2)C1. The van der Waals surface area contributed by atoms with E-state index in [1.807, 2.05) is 30.3 Å². The molecule has 1 N–H and O–H groups in total. The van der Waals surface area contributed by atoms with Gasteiger partial charge in [-0.2, -0.15) is 0 Å². The topological polar surface area (TPSA) is 23.5 Å². The molecule has 1 aliphatic heterocycles. The number of aliphatic hydroxyl groups excluding tert-OH is 1. The lowest BCUT2D eigenvalue weighted by Gasteiger charge is -2.29.